The Labute approximate surface area is 337 Å². The first-order valence-electron chi connectivity index (χ1n) is 19.3. The van der Waals surface area contributed by atoms with E-state index in [1.165, 1.54) is 53.6 Å². The normalized spacial score (nSPS) is 11.2. The minimum absolute atomic E-state index is 1.10. The van der Waals surface area contributed by atoms with Gasteiger partial charge in [0, 0.05) is 54.3 Å². The number of hydrogen-bond donors (Lipinski definition) is 0. The highest BCUT2D eigenvalue weighted by Crippen LogP contribution is 2.42. The van der Waals surface area contributed by atoms with E-state index in [0.29, 0.717) is 0 Å². The fourth-order valence-corrected chi connectivity index (χ4v) is 8.94. The summed E-state index contributed by atoms with van der Waals surface area (Å²) in [6.07, 6.45) is 0. The Balaban J connectivity index is 0.971. The molecule has 0 saturated heterocycles. The van der Waals surface area contributed by atoms with Gasteiger partial charge in [0.2, 0.25) is 0 Å². The zero-order chi connectivity index (χ0) is 38.0. The minimum atomic E-state index is 1.10. The van der Waals surface area contributed by atoms with Crippen LogP contribution in [0.2, 0.25) is 0 Å². The molecule has 0 bridgehead atoms. The van der Waals surface area contributed by atoms with Crippen molar-refractivity contribution in [2.75, 3.05) is 9.80 Å². The predicted octanol–water partition coefficient (Wildman–Crippen LogP) is 16.0. The van der Waals surface area contributed by atoms with Gasteiger partial charge in [-0.05, 0) is 112 Å². The van der Waals surface area contributed by atoms with E-state index in [2.05, 4.69) is 240 Å². The molecule has 9 aromatic carbocycles. The number of benzene rings is 9. The molecule has 0 saturated carbocycles. The molecule has 0 fully saturated rings. The molecule has 2 nitrogen and oxygen atoms in total. The fourth-order valence-electron chi connectivity index (χ4n) is 7.80. The summed E-state index contributed by atoms with van der Waals surface area (Å²) in [7, 11) is 0. The van der Waals surface area contributed by atoms with Crippen molar-refractivity contribution in [2.45, 2.75) is 0 Å². The van der Waals surface area contributed by atoms with Crippen LogP contribution in [0, 0.1) is 0 Å². The molecule has 0 amide bonds. The van der Waals surface area contributed by atoms with Gasteiger partial charge in [-0.25, -0.2) is 0 Å². The number of rotatable bonds is 9. The molecule has 10 rings (SSSR count). The number of nitrogens with zero attached hydrogens (tertiary/aromatic N) is 2. The SMILES string of the molecule is c1ccc(-c2ccc(N(c3ccc(-c4ccccc4)cc3)c3ccc(-c4ccc(N(c5ccccc5)c5ccc6c(c5)sc5ccccc56)cc4)cc3)cc2)cc1. The maximum atomic E-state index is 2.35. The summed E-state index contributed by atoms with van der Waals surface area (Å²) in [6, 6.07) is 82.9. The number of fused-ring (bicyclic) bond motifs is 3. The maximum absolute atomic E-state index is 2.35. The third kappa shape index (κ3) is 6.86. The molecule has 1 aromatic heterocycles. The van der Waals surface area contributed by atoms with Crippen molar-refractivity contribution in [1.82, 2.24) is 0 Å². The molecule has 0 aliphatic heterocycles. The summed E-state index contributed by atoms with van der Waals surface area (Å²) in [6.45, 7) is 0. The summed E-state index contributed by atoms with van der Waals surface area (Å²) in [5.41, 5.74) is 13.9. The number of hydrogen-bond acceptors (Lipinski definition) is 3. The highest BCUT2D eigenvalue weighted by atomic mass is 32.1. The lowest BCUT2D eigenvalue weighted by molar-refractivity contribution is 1.28. The second-order valence-electron chi connectivity index (χ2n) is 14.2. The summed E-state index contributed by atoms with van der Waals surface area (Å²) in [5.74, 6) is 0. The quantitative estimate of drug-likeness (QED) is 0.145. The van der Waals surface area contributed by atoms with E-state index in [1.54, 1.807) is 0 Å². The van der Waals surface area contributed by atoms with E-state index in [4.69, 9.17) is 0 Å². The van der Waals surface area contributed by atoms with Gasteiger partial charge in [-0.2, -0.15) is 0 Å². The molecule has 1 heterocycles. The Morgan fingerprint density at radius 1 is 0.228 bits per heavy atom. The van der Waals surface area contributed by atoms with Gasteiger partial charge in [0.25, 0.3) is 0 Å². The van der Waals surface area contributed by atoms with E-state index in [0.717, 1.165) is 34.1 Å². The molecule has 57 heavy (non-hydrogen) atoms. The first kappa shape index (κ1) is 34.3. The van der Waals surface area contributed by atoms with Crippen molar-refractivity contribution in [1.29, 1.82) is 0 Å². The molecule has 270 valence electrons. The van der Waals surface area contributed by atoms with Crippen molar-refractivity contribution in [3.05, 3.63) is 231 Å². The van der Waals surface area contributed by atoms with Gasteiger partial charge >= 0.3 is 0 Å². The Kier molecular flexibility index (Phi) is 9.11. The van der Waals surface area contributed by atoms with E-state index in [9.17, 15) is 0 Å². The Hall–Kier alpha value is -7.20. The molecule has 0 spiro atoms. The number of para-hydroxylation sites is 1. The molecule has 0 aliphatic carbocycles. The van der Waals surface area contributed by atoms with Crippen LogP contribution in [0.1, 0.15) is 0 Å². The molecule has 0 aliphatic rings. The van der Waals surface area contributed by atoms with Gasteiger partial charge in [0.1, 0.15) is 0 Å². The number of anilines is 6. The average molecular weight is 747 g/mol. The Bertz CT molecular complexity index is 2820. The lowest BCUT2D eigenvalue weighted by Gasteiger charge is -2.26. The third-order valence-corrected chi connectivity index (χ3v) is 11.8. The summed E-state index contributed by atoms with van der Waals surface area (Å²) < 4.78 is 2.61. The first-order valence-corrected chi connectivity index (χ1v) is 20.1. The molecule has 0 atom stereocenters. The van der Waals surface area contributed by atoms with E-state index in [1.807, 2.05) is 11.3 Å². The van der Waals surface area contributed by atoms with Crippen molar-refractivity contribution < 1.29 is 0 Å². The lowest BCUT2D eigenvalue weighted by Crippen LogP contribution is -2.10. The van der Waals surface area contributed by atoms with E-state index in [-0.39, 0.29) is 0 Å². The Morgan fingerprint density at radius 3 is 1.00 bits per heavy atom. The molecular formula is C54H38N2S. The topological polar surface area (TPSA) is 6.48 Å². The highest BCUT2D eigenvalue weighted by molar-refractivity contribution is 7.25. The van der Waals surface area contributed by atoms with Crippen LogP contribution in [0.25, 0.3) is 53.6 Å². The van der Waals surface area contributed by atoms with Crippen LogP contribution < -0.4 is 9.80 Å². The zero-order valence-electron chi connectivity index (χ0n) is 31.2. The van der Waals surface area contributed by atoms with E-state index < -0.39 is 0 Å². The molecule has 0 N–H and O–H groups in total. The molecule has 10 aromatic rings. The number of thiophene rings is 1. The molecule has 0 radical (unpaired) electrons. The zero-order valence-corrected chi connectivity index (χ0v) is 32.1. The first-order chi connectivity index (χ1) is 28.2. The average Bonchev–Trinajstić information content (AvgIpc) is 3.67. The molecular weight excluding hydrogens is 709 g/mol. The standard InChI is InChI=1S/C54H38N2S/c1-4-12-39(13-5-1)41-20-28-46(29-21-41)55(47-30-22-42(23-31-47)40-14-6-2-7-15-40)48-32-24-43(25-33-48)44-26-34-49(35-27-44)56(45-16-8-3-9-17-45)50-36-37-52-51-18-10-11-19-53(51)57-54(52)38-50/h1-38H. The van der Waals surface area contributed by atoms with Gasteiger partial charge in [-0.3, -0.25) is 0 Å². The monoisotopic (exact) mass is 746 g/mol. The van der Waals surface area contributed by atoms with Crippen LogP contribution in [-0.4, -0.2) is 0 Å². The van der Waals surface area contributed by atoms with Crippen LogP contribution in [0.15, 0.2) is 231 Å². The van der Waals surface area contributed by atoms with Crippen LogP contribution >= 0.6 is 11.3 Å². The van der Waals surface area contributed by atoms with Gasteiger partial charge < -0.3 is 9.80 Å². The smallest absolute Gasteiger partial charge is 0.0476 e. The van der Waals surface area contributed by atoms with Gasteiger partial charge in [-0.1, -0.05) is 152 Å². The van der Waals surface area contributed by atoms with Crippen molar-refractivity contribution in [3.63, 3.8) is 0 Å². The molecule has 0 unspecified atom stereocenters. The summed E-state index contributed by atoms with van der Waals surface area (Å²) in [4.78, 5) is 4.68. The second kappa shape index (κ2) is 15.1. The van der Waals surface area contributed by atoms with Crippen molar-refractivity contribution in [2.24, 2.45) is 0 Å². The van der Waals surface area contributed by atoms with Crippen molar-refractivity contribution in [3.8, 4) is 33.4 Å². The van der Waals surface area contributed by atoms with Gasteiger partial charge in [-0.15, -0.1) is 11.3 Å². The highest BCUT2D eigenvalue weighted by Gasteiger charge is 2.16. The van der Waals surface area contributed by atoms with Gasteiger partial charge in [0.05, 0.1) is 0 Å². The third-order valence-electron chi connectivity index (χ3n) is 10.7. The minimum Gasteiger partial charge on any atom is -0.311 e. The largest absolute Gasteiger partial charge is 0.311 e. The van der Waals surface area contributed by atoms with Crippen LogP contribution in [-0.2, 0) is 0 Å². The molecule has 3 heteroatoms. The fraction of sp³-hybridized carbons (Fsp3) is 0. The van der Waals surface area contributed by atoms with Crippen LogP contribution in [0.4, 0.5) is 34.1 Å². The lowest BCUT2D eigenvalue weighted by atomic mass is 10.0. The predicted molar refractivity (Wildman–Crippen MR) is 245 cm³/mol. The van der Waals surface area contributed by atoms with Crippen LogP contribution in [0.5, 0.6) is 0 Å². The summed E-state index contributed by atoms with van der Waals surface area (Å²) in [5, 5.41) is 2.62. The van der Waals surface area contributed by atoms with Gasteiger partial charge in [0.15, 0.2) is 0 Å². The Morgan fingerprint density at radius 2 is 0.544 bits per heavy atom. The second-order valence-corrected chi connectivity index (χ2v) is 15.3. The van der Waals surface area contributed by atoms with E-state index >= 15 is 0 Å². The van der Waals surface area contributed by atoms with Crippen molar-refractivity contribution >= 4 is 65.6 Å². The maximum Gasteiger partial charge on any atom is 0.0476 e. The van der Waals surface area contributed by atoms with Crippen LogP contribution in [0.3, 0.4) is 0 Å². The summed E-state index contributed by atoms with van der Waals surface area (Å²) >= 11 is 1.85.